The first kappa shape index (κ1) is 14.7. The van der Waals surface area contributed by atoms with Crippen molar-refractivity contribution < 1.29 is 27.8 Å². The number of aliphatic hydroxyl groups is 1. The molecule has 0 bridgehead atoms. The maximum atomic E-state index is 12.0. The number of nitrogens with zero attached hydrogens (tertiary/aromatic N) is 1. The lowest BCUT2D eigenvalue weighted by atomic mass is 10.1. The van der Waals surface area contributed by atoms with Crippen LogP contribution in [-0.4, -0.2) is 48.1 Å². The lowest BCUT2D eigenvalue weighted by Crippen LogP contribution is -2.39. The van der Waals surface area contributed by atoms with E-state index in [-0.39, 0.29) is 6.54 Å². The number of carboxylic acid groups (broad SMARTS) is 1. The molecule has 0 unspecified atom stereocenters. The number of aromatic carboxylic acids is 1. The Morgan fingerprint density at radius 3 is 2.39 bits per heavy atom. The van der Waals surface area contributed by atoms with Crippen molar-refractivity contribution in [2.75, 3.05) is 13.6 Å². The van der Waals surface area contributed by atoms with Crippen molar-refractivity contribution in [3.05, 3.63) is 17.9 Å². The molecule has 1 heterocycles. The van der Waals surface area contributed by atoms with Gasteiger partial charge in [-0.05, 0) is 26.0 Å². The molecular weight excluding hydrogens is 262 g/mol. The third-order valence-corrected chi connectivity index (χ3v) is 3.74. The van der Waals surface area contributed by atoms with Crippen LogP contribution in [0.1, 0.15) is 24.4 Å². The summed E-state index contributed by atoms with van der Waals surface area (Å²) in [6, 6.07) is 2.13. The van der Waals surface area contributed by atoms with Crippen LogP contribution in [0.25, 0.3) is 0 Å². The first-order chi connectivity index (χ1) is 8.04. The summed E-state index contributed by atoms with van der Waals surface area (Å²) in [5.74, 6) is -1.80. The van der Waals surface area contributed by atoms with Crippen LogP contribution in [-0.2, 0) is 10.0 Å². The largest absolute Gasteiger partial charge is 0.475 e. The standard InChI is InChI=1S/C10H15NO6S/c1-10(2,14)6-11(3)18(15,16)8-5-4-7(17-8)9(12)13/h4-5,14H,6H2,1-3H3,(H,12,13). The molecule has 1 rings (SSSR count). The number of rotatable bonds is 5. The molecule has 0 aromatic carbocycles. The highest BCUT2D eigenvalue weighted by atomic mass is 32.2. The first-order valence-electron chi connectivity index (χ1n) is 5.06. The van der Waals surface area contributed by atoms with Crippen molar-refractivity contribution in [3.63, 3.8) is 0 Å². The summed E-state index contributed by atoms with van der Waals surface area (Å²) in [5, 5.41) is 17.7. The smallest absolute Gasteiger partial charge is 0.371 e. The molecule has 0 fully saturated rings. The molecule has 18 heavy (non-hydrogen) atoms. The summed E-state index contributed by atoms with van der Waals surface area (Å²) >= 11 is 0. The quantitative estimate of drug-likeness (QED) is 0.805. The van der Waals surface area contributed by atoms with Gasteiger partial charge >= 0.3 is 5.97 Å². The molecule has 0 atom stereocenters. The Bertz CT molecular complexity index is 539. The average molecular weight is 277 g/mol. The van der Waals surface area contributed by atoms with E-state index in [4.69, 9.17) is 9.52 Å². The second-order valence-corrected chi connectivity index (χ2v) is 6.47. The van der Waals surface area contributed by atoms with E-state index >= 15 is 0 Å². The van der Waals surface area contributed by atoms with E-state index < -0.39 is 32.4 Å². The number of furan rings is 1. The van der Waals surface area contributed by atoms with Gasteiger partial charge in [0.2, 0.25) is 10.9 Å². The topological polar surface area (TPSA) is 108 Å². The van der Waals surface area contributed by atoms with Crippen molar-refractivity contribution in [2.24, 2.45) is 0 Å². The van der Waals surface area contributed by atoms with Gasteiger partial charge in [0.1, 0.15) is 0 Å². The third kappa shape index (κ3) is 3.31. The van der Waals surface area contributed by atoms with Crippen LogP contribution in [0.15, 0.2) is 21.6 Å². The van der Waals surface area contributed by atoms with Crippen LogP contribution >= 0.6 is 0 Å². The summed E-state index contributed by atoms with van der Waals surface area (Å²) < 4.78 is 29.6. The Balaban J connectivity index is 3.02. The SMILES string of the molecule is CN(CC(C)(C)O)S(=O)(=O)c1ccc(C(=O)O)o1. The van der Waals surface area contributed by atoms with Gasteiger partial charge in [-0.2, -0.15) is 4.31 Å². The van der Waals surface area contributed by atoms with Crippen molar-refractivity contribution in [2.45, 2.75) is 24.5 Å². The molecule has 1 aromatic rings. The van der Waals surface area contributed by atoms with Crippen LogP contribution in [0.2, 0.25) is 0 Å². The lowest BCUT2D eigenvalue weighted by molar-refractivity contribution is 0.0624. The van der Waals surface area contributed by atoms with Gasteiger partial charge < -0.3 is 14.6 Å². The van der Waals surface area contributed by atoms with Crippen LogP contribution in [0.5, 0.6) is 0 Å². The van der Waals surface area contributed by atoms with Crippen LogP contribution in [0.4, 0.5) is 0 Å². The Morgan fingerprint density at radius 1 is 1.44 bits per heavy atom. The molecule has 0 saturated heterocycles. The highest BCUT2D eigenvalue weighted by Crippen LogP contribution is 2.19. The van der Waals surface area contributed by atoms with Gasteiger partial charge in [-0.1, -0.05) is 0 Å². The minimum absolute atomic E-state index is 0.140. The zero-order valence-electron chi connectivity index (χ0n) is 10.2. The normalized spacial score (nSPS) is 12.9. The minimum atomic E-state index is -3.94. The molecular formula is C10H15NO6S. The second-order valence-electron chi connectivity index (χ2n) is 4.50. The van der Waals surface area contributed by atoms with Crippen LogP contribution in [0.3, 0.4) is 0 Å². The van der Waals surface area contributed by atoms with Gasteiger partial charge in [0, 0.05) is 13.6 Å². The molecule has 1 aromatic heterocycles. The molecule has 7 nitrogen and oxygen atoms in total. The molecule has 8 heteroatoms. The second kappa shape index (κ2) is 4.71. The van der Waals surface area contributed by atoms with E-state index in [0.29, 0.717) is 0 Å². The van der Waals surface area contributed by atoms with Gasteiger partial charge in [0.15, 0.2) is 0 Å². The van der Waals surface area contributed by atoms with E-state index in [1.54, 1.807) is 0 Å². The highest BCUT2D eigenvalue weighted by Gasteiger charge is 2.29. The Labute approximate surface area is 105 Å². The van der Waals surface area contributed by atoms with Crippen molar-refractivity contribution in [1.82, 2.24) is 4.31 Å². The van der Waals surface area contributed by atoms with Gasteiger partial charge in [0.25, 0.3) is 10.0 Å². The van der Waals surface area contributed by atoms with E-state index in [2.05, 4.69) is 0 Å². The van der Waals surface area contributed by atoms with E-state index in [1.807, 2.05) is 0 Å². The molecule has 0 radical (unpaired) electrons. The van der Waals surface area contributed by atoms with Crippen LogP contribution < -0.4 is 0 Å². The molecule has 0 aliphatic heterocycles. The molecule has 0 spiro atoms. The minimum Gasteiger partial charge on any atom is -0.475 e. The zero-order chi connectivity index (χ0) is 14.1. The maximum absolute atomic E-state index is 12.0. The van der Waals surface area contributed by atoms with E-state index in [1.165, 1.54) is 20.9 Å². The molecule has 2 N–H and O–H groups in total. The summed E-state index contributed by atoms with van der Waals surface area (Å²) in [5.41, 5.74) is -1.20. The van der Waals surface area contributed by atoms with Crippen molar-refractivity contribution in [3.8, 4) is 0 Å². The Morgan fingerprint density at radius 2 is 2.00 bits per heavy atom. The van der Waals surface area contributed by atoms with E-state index in [9.17, 15) is 18.3 Å². The molecule has 0 amide bonds. The van der Waals surface area contributed by atoms with E-state index in [0.717, 1.165) is 16.4 Å². The zero-order valence-corrected chi connectivity index (χ0v) is 11.1. The number of carboxylic acids is 1. The summed E-state index contributed by atoms with van der Waals surface area (Å²) in [4.78, 5) is 10.6. The molecule has 102 valence electrons. The number of carbonyl (C=O) groups is 1. The fourth-order valence-electron chi connectivity index (χ4n) is 1.36. The summed E-state index contributed by atoms with van der Waals surface area (Å²) in [6.45, 7) is 2.78. The van der Waals surface area contributed by atoms with Gasteiger partial charge in [0.05, 0.1) is 5.60 Å². The number of likely N-dealkylation sites (N-methyl/N-ethyl adjacent to an activating group) is 1. The van der Waals surface area contributed by atoms with Crippen molar-refractivity contribution in [1.29, 1.82) is 0 Å². The van der Waals surface area contributed by atoms with Gasteiger partial charge in [-0.15, -0.1) is 0 Å². The van der Waals surface area contributed by atoms with Crippen LogP contribution in [0, 0.1) is 0 Å². The highest BCUT2D eigenvalue weighted by molar-refractivity contribution is 7.89. The average Bonchev–Trinajstić information content (AvgIpc) is 2.63. The third-order valence-electron chi connectivity index (χ3n) is 2.07. The lowest BCUT2D eigenvalue weighted by Gasteiger charge is -2.23. The maximum Gasteiger partial charge on any atom is 0.371 e. The van der Waals surface area contributed by atoms with Gasteiger partial charge in [-0.3, -0.25) is 0 Å². The predicted octanol–water partition coefficient (Wildman–Crippen LogP) is 0.369. The van der Waals surface area contributed by atoms with Crippen molar-refractivity contribution >= 4 is 16.0 Å². The molecule has 0 aliphatic rings. The fourth-order valence-corrected chi connectivity index (χ4v) is 2.59. The summed E-state index contributed by atoms with van der Waals surface area (Å²) in [7, 11) is -2.67. The molecule has 0 aliphatic carbocycles. The Kier molecular flexibility index (Phi) is 3.84. The number of hydrogen-bond acceptors (Lipinski definition) is 5. The monoisotopic (exact) mass is 277 g/mol. The predicted molar refractivity (Wildman–Crippen MR) is 61.8 cm³/mol. The fraction of sp³-hybridized carbons (Fsp3) is 0.500. The first-order valence-corrected chi connectivity index (χ1v) is 6.50. The molecule has 0 saturated carbocycles. The summed E-state index contributed by atoms with van der Waals surface area (Å²) in [6.07, 6.45) is 0. The number of sulfonamides is 1. The number of hydrogen-bond donors (Lipinski definition) is 2. The Hall–Kier alpha value is -1.38. The van der Waals surface area contributed by atoms with Gasteiger partial charge in [-0.25, -0.2) is 13.2 Å².